The molecule has 0 unspecified atom stereocenters. The predicted octanol–water partition coefficient (Wildman–Crippen LogP) is 2.38. The SMILES string of the molecule is CC(C)(C)OC[C@]12CCCN1C[C@H](F)C2. The van der Waals surface area contributed by atoms with Crippen molar-refractivity contribution in [2.75, 3.05) is 19.7 Å². The Morgan fingerprint density at radius 1 is 1.47 bits per heavy atom. The second-order valence-corrected chi connectivity index (χ2v) is 5.98. The van der Waals surface area contributed by atoms with E-state index in [4.69, 9.17) is 4.74 Å². The maximum atomic E-state index is 13.4. The van der Waals surface area contributed by atoms with Gasteiger partial charge >= 0.3 is 0 Å². The summed E-state index contributed by atoms with van der Waals surface area (Å²) in [5.74, 6) is 0. The molecule has 0 N–H and O–H groups in total. The van der Waals surface area contributed by atoms with Gasteiger partial charge in [0.15, 0.2) is 0 Å². The third-order valence-corrected chi connectivity index (χ3v) is 3.53. The summed E-state index contributed by atoms with van der Waals surface area (Å²) in [4.78, 5) is 2.30. The number of halogens is 1. The zero-order valence-corrected chi connectivity index (χ0v) is 10.1. The first-order chi connectivity index (χ1) is 6.91. The molecule has 2 fully saturated rings. The molecule has 3 heteroatoms. The van der Waals surface area contributed by atoms with E-state index in [0.717, 1.165) is 13.0 Å². The third kappa shape index (κ3) is 2.34. The van der Waals surface area contributed by atoms with E-state index in [0.29, 0.717) is 19.6 Å². The van der Waals surface area contributed by atoms with Gasteiger partial charge in [0, 0.05) is 18.5 Å². The van der Waals surface area contributed by atoms with Crippen molar-refractivity contribution in [3.05, 3.63) is 0 Å². The van der Waals surface area contributed by atoms with Gasteiger partial charge < -0.3 is 4.74 Å². The van der Waals surface area contributed by atoms with Gasteiger partial charge in [-0.15, -0.1) is 0 Å². The quantitative estimate of drug-likeness (QED) is 0.701. The molecular formula is C12H22FNO. The second-order valence-electron chi connectivity index (χ2n) is 5.98. The predicted molar refractivity (Wildman–Crippen MR) is 58.8 cm³/mol. The molecule has 0 aromatic rings. The smallest absolute Gasteiger partial charge is 0.115 e. The lowest BCUT2D eigenvalue weighted by Gasteiger charge is -2.34. The summed E-state index contributed by atoms with van der Waals surface area (Å²) < 4.78 is 19.3. The van der Waals surface area contributed by atoms with Gasteiger partial charge in [0.05, 0.1) is 12.2 Å². The molecule has 0 saturated carbocycles. The molecule has 15 heavy (non-hydrogen) atoms. The topological polar surface area (TPSA) is 12.5 Å². The summed E-state index contributed by atoms with van der Waals surface area (Å²) in [5.41, 5.74) is -0.0931. The van der Waals surface area contributed by atoms with Gasteiger partial charge in [-0.1, -0.05) is 0 Å². The van der Waals surface area contributed by atoms with Crippen molar-refractivity contribution in [2.24, 2.45) is 0 Å². The van der Waals surface area contributed by atoms with Gasteiger partial charge in [-0.3, -0.25) is 4.90 Å². The summed E-state index contributed by atoms with van der Waals surface area (Å²) in [6.07, 6.45) is 2.32. The average molecular weight is 215 g/mol. The van der Waals surface area contributed by atoms with Crippen molar-refractivity contribution in [2.45, 2.75) is 57.3 Å². The van der Waals surface area contributed by atoms with E-state index in [1.807, 2.05) is 0 Å². The monoisotopic (exact) mass is 215 g/mol. The Hall–Kier alpha value is -0.150. The minimum Gasteiger partial charge on any atom is -0.374 e. The van der Waals surface area contributed by atoms with Gasteiger partial charge in [0.1, 0.15) is 6.17 Å². The number of hydrogen-bond donors (Lipinski definition) is 0. The maximum Gasteiger partial charge on any atom is 0.115 e. The normalized spacial score (nSPS) is 37.2. The molecule has 0 aromatic carbocycles. The first-order valence-electron chi connectivity index (χ1n) is 5.94. The van der Waals surface area contributed by atoms with Crippen molar-refractivity contribution in [3.8, 4) is 0 Å². The zero-order valence-electron chi connectivity index (χ0n) is 10.1. The fourth-order valence-electron chi connectivity index (χ4n) is 2.80. The fourth-order valence-corrected chi connectivity index (χ4v) is 2.80. The van der Waals surface area contributed by atoms with Crippen molar-refractivity contribution < 1.29 is 9.13 Å². The summed E-state index contributed by atoms with van der Waals surface area (Å²) in [6, 6.07) is 0. The number of nitrogens with zero attached hydrogens (tertiary/aromatic N) is 1. The zero-order chi connectivity index (χ0) is 11.1. The van der Waals surface area contributed by atoms with Crippen molar-refractivity contribution in [1.82, 2.24) is 4.90 Å². The molecule has 0 radical (unpaired) electrons. The minimum absolute atomic E-state index is 0.0205. The largest absolute Gasteiger partial charge is 0.374 e. The Labute approximate surface area is 91.8 Å². The van der Waals surface area contributed by atoms with Crippen LogP contribution in [0.25, 0.3) is 0 Å². The Morgan fingerprint density at radius 3 is 2.87 bits per heavy atom. The first kappa shape index (κ1) is 11.3. The standard InChI is InChI=1S/C12H22FNO/c1-11(2,3)15-9-12-5-4-6-14(12)8-10(13)7-12/h10H,4-9H2,1-3H3/t10-,12-/m1/s1. The summed E-state index contributed by atoms with van der Waals surface area (Å²) in [6.45, 7) is 8.54. The van der Waals surface area contributed by atoms with Crippen LogP contribution < -0.4 is 0 Å². The van der Waals surface area contributed by atoms with E-state index in [-0.39, 0.29) is 11.1 Å². The molecule has 2 nitrogen and oxygen atoms in total. The maximum absolute atomic E-state index is 13.4. The van der Waals surface area contributed by atoms with Crippen LogP contribution >= 0.6 is 0 Å². The van der Waals surface area contributed by atoms with E-state index >= 15 is 0 Å². The van der Waals surface area contributed by atoms with Crippen LogP contribution in [0.1, 0.15) is 40.0 Å². The van der Waals surface area contributed by atoms with Crippen LogP contribution in [0.5, 0.6) is 0 Å². The van der Waals surface area contributed by atoms with Crippen molar-refractivity contribution in [3.63, 3.8) is 0 Å². The van der Waals surface area contributed by atoms with E-state index in [9.17, 15) is 4.39 Å². The summed E-state index contributed by atoms with van der Waals surface area (Å²) in [5, 5.41) is 0. The number of fused-ring (bicyclic) bond motifs is 1. The highest BCUT2D eigenvalue weighted by molar-refractivity contribution is 5.03. The van der Waals surface area contributed by atoms with Crippen LogP contribution in [0.4, 0.5) is 4.39 Å². The molecule has 0 bridgehead atoms. The molecule has 2 rings (SSSR count). The molecule has 0 amide bonds. The van der Waals surface area contributed by atoms with Gasteiger partial charge in [0.25, 0.3) is 0 Å². The lowest BCUT2D eigenvalue weighted by molar-refractivity contribution is -0.0525. The van der Waals surface area contributed by atoms with Gasteiger partial charge in [0.2, 0.25) is 0 Å². The third-order valence-electron chi connectivity index (χ3n) is 3.53. The number of rotatable bonds is 2. The van der Waals surface area contributed by atoms with E-state index < -0.39 is 6.17 Å². The molecule has 2 atom stereocenters. The second kappa shape index (κ2) is 3.70. The van der Waals surface area contributed by atoms with Crippen LogP contribution in [-0.2, 0) is 4.74 Å². The Morgan fingerprint density at radius 2 is 2.20 bits per heavy atom. The van der Waals surface area contributed by atoms with E-state index in [2.05, 4.69) is 25.7 Å². The van der Waals surface area contributed by atoms with Crippen molar-refractivity contribution in [1.29, 1.82) is 0 Å². The molecular weight excluding hydrogens is 193 g/mol. The highest BCUT2D eigenvalue weighted by atomic mass is 19.1. The summed E-state index contributed by atoms with van der Waals surface area (Å²) in [7, 11) is 0. The molecule has 2 aliphatic heterocycles. The van der Waals surface area contributed by atoms with Crippen LogP contribution in [0.3, 0.4) is 0 Å². The first-order valence-corrected chi connectivity index (χ1v) is 5.94. The van der Waals surface area contributed by atoms with E-state index in [1.165, 1.54) is 6.42 Å². The van der Waals surface area contributed by atoms with Crippen molar-refractivity contribution >= 4 is 0 Å². The average Bonchev–Trinajstić information content (AvgIpc) is 2.55. The molecule has 2 heterocycles. The summed E-state index contributed by atoms with van der Waals surface area (Å²) >= 11 is 0. The fraction of sp³-hybridized carbons (Fsp3) is 1.00. The molecule has 0 aliphatic carbocycles. The lowest BCUT2D eigenvalue weighted by Crippen LogP contribution is -2.44. The highest BCUT2D eigenvalue weighted by Crippen LogP contribution is 2.40. The molecule has 2 saturated heterocycles. The molecule has 2 aliphatic rings. The van der Waals surface area contributed by atoms with Gasteiger partial charge in [-0.05, 0) is 40.2 Å². The van der Waals surface area contributed by atoms with Gasteiger partial charge in [-0.2, -0.15) is 0 Å². The Balaban J connectivity index is 1.99. The number of alkyl halides is 1. The number of ether oxygens (including phenoxy) is 1. The minimum atomic E-state index is -0.645. The lowest BCUT2D eigenvalue weighted by atomic mass is 9.94. The van der Waals surface area contributed by atoms with E-state index in [1.54, 1.807) is 0 Å². The van der Waals surface area contributed by atoms with Crippen LogP contribution in [0.2, 0.25) is 0 Å². The molecule has 0 spiro atoms. The van der Waals surface area contributed by atoms with Gasteiger partial charge in [-0.25, -0.2) is 4.39 Å². The Bertz CT molecular complexity index is 238. The number of hydrogen-bond acceptors (Lipinski definition) is 2. The molecule has 88 valence electrons. The van der Waals surface area contributed by atoms with Crippen LogP contribution in [0, 0.1) is 0 Å². The van der Waals surface area contributed by atoms with Crippen LogP contribution in [-0.4, -0.2) is 41.9 Å². The molecule has 0 aromatic heterocycles. The highest BCUT2D eigenvalue weighted by Gasteiger charge is 2.49. The Kier molecular flexibility index (Phi) is 2.80. The van der Waals surface area contributed by atoms with Crippen LogP contribution in [0.15, 0.2) is 0 Å².